The summed E-state index contributed by atoms with van der Waals surface area (Å²) in [6, 6.07) is 27.6. The van der Waals surface area contributed by atoms with Crippen molar-refractivity contribution in [2.24, 2.45) is 10.6 Å². The number of rotatable bonds is 12. The summed E-state index contributed by atoms with van der Waals surface area (Å²) in [5, 5.41) is 16.0. The molecule has 36 heavy (non-hydrogen) atoms. The van der Waals surface area contributed by atoms with Crippen molar-refractivity contribution in [3.8, 4) is 0 Å². The molecule has 0 aliphatic heterocycles. The quantitative estimate of drug-likeness (QED) is 0.270. The number of carboxylic acids is 1. The molecule has 0 saturated heterocycles. The predicted octanol–water partition coefficient (Wildman–Crippen LogP) is 5.28. The molecule has 2 N–H and O–H groups in total. The highest BCUT2D eigenvalue weighted by molar-refractivity contribution is 6.02. The number of carbonyl (C=O) groups is 2. The highest BCUT2D eigenvalue weighted by atomic mass is 16.6. The number of carbonyl (C=O) groups excluding carboxylic acids is 1. The number of carboxylic acid groups (broad SMARTS) is 1. The van der Waals surface area contributed by atoms with Gasteiger partial charge in [0.15, 0.2) is 0 Å². The number of nitrogens with zero attached hydrogens (tertiary/aromatic N) is 1. The summed E-state index contributed by atoms with van der Waals surface area (Å²) < 4.78 is 0. The number of nitrogens with one attached hydrogen (secondary N) is 1. The third-order valence-corrected chi connectivity index (χ3v) is 5.64. The Morgan fingerprint density at radius 1 is 0.889 bits per heavy atom. The minimum absolute atomic E-state index is 0.0250. The summed E-state index contributed by atoms with van der Waals surface area (Å²) >= 11 is 0. The van der Waals surface area contributed by atoms with Crippen LogP contribution in [0.3, 0.4) is 0 Å². The van der Waals surface area contributed by atoms with Crippen LogP contribution in [-0.2, 0) is 33.8 Å². The van der Waals surface area contributed by atoms with Crippen LogP contribution in [0.1, 0.15) is 36.1 Å². The molecule has 1 amide bonds. The summed E-state index contributed by atoms with van der Waals surface area (Å²) in [6.07, 6.45) is 4.76. The zero-order valence-corrected chi connectivity index (χ0v) is 20.7. The van der Waals surface area contributed by atoms with E-state index in [2.05, 4.69) is 10.5 Å². The van der Waals surface area contributed by atoms with Gasteiger partial charge in [-0.1, -0.05) is 110 Å². The van der Waals surface area contributed by atoms with E-state index in [0.717, 1.165) is 22.3 Å². The molecule has 3 aromatic carbocycles. The normalized spacial score (nSPS) is 11.9. The summed E-state index contributed by atoms with van der Waals surface area (Å²) in [5.74, 6) is -1.10. The predicted molar refractivity (Wildman–Crippen MR) is 142 cm³/mol. The van der Waals surface area contributed by atoms with Crippen LogP contribution in [0.2, 0.25) is 0 Å². The first-order chi connectivity index (χ1) is 17.3. The van der Waals surface area contributed by atoms with Gasteiger partial charge in [-0.05, 0) is 34.8 Å². The number of hydrogen-bond donors (Lipinski definition) is 2. The minimum atomic E-state index is -1.08. The van der Waals surface area contributed by atoms with Gasteiger partial charge < -0.3 is 15.3 Å². The molecule has 0 aliphatic carbocycles. The number of allylic oxidation sites excluding steroid dienone is 1. The van der Waals surface area contributed by atoms with Gasteiger partial charge in [0.05, 0.1) is 12.1 Å². The van der Waals surface area contributed by atoms with E-state index in [1.807, 2.05) is 111 Å². The molecule has 3 aromatic rings. The van der Waals surface area contributed by atoms with Crippen molar-refractivity contribution in [1.29, 1.82) is 0 Å². The summed E-state index contributed by atoms with van der Waals surface area (Å²) in [4.78, 5) is 28.3. The Labute approximate surface area is 212 Å². The van der Waals surface area contributed by atoms with E-state index in [-0.39, 0.29) is 5.91 Å². The maximum absolute atomic E-state index is 12.3. The lowest BCUT2D eigenvalue weighted by atomic mass is 9.80. The van der Waals surface area contributed by atoms with E-state index >= 15 is 0 Å². The summed E-state index contributed by atoms with van der Waals surface area (Å²) in [7, 11) is 0. The van der Waals surface area contributed by atoms with Gasteiger partial charge >= 0.3 is 5.97 Å². The Balaban J connectivity index is 1.64. The average molecular weight is 485 g/mol. The number of oxime groups is 1. The third kappa shape index (κ3) is 8.87. The van der Waals surface area contributed by atoms with Crippen LogP contribution >= 0.6 is 0 Å². The van der Waals surface area contributed by atoms with E-state index in [4.69, 9.17) is 9.94 Å². The lowest BCUT2D eigenvalue weighted by Crippen LogP contribution is -2.26. The average Bonchev–Trinajstić information content (AvgIpc) is 2.87. The maximum atomic E-state index is 12.3. The first kappa shape index (κ1) is 26.4. The van der Waals surface area contributed by atoms with E-state index < -0.39 is 18.0 Å². The Morgan fingerprint density at radius 3 is 2.14 bits per heavy atom. The fourth-order valence-corrected chi connectivity index (χ4v) is 3.70. The smallest absolute Gasteiger partial charge is 0.344 e. The number of aliphatic carboxylic acids is 1. The monoisotopic (exact) mass is 484 g/mol. The highest BCUT2D eigenvalue weighted by Gasteiger charge is 2.25. The Bertz CT molecular complexity index is 1180. The van der Waals surface area contributed by atoms with E-state index in [9.17, 15) is 9.59 Å². The standard InChI is InChI=1S/C30H32N2O4/c1-30(2,27(32-36-22-29(34)35)18-17-23-9-5-3-6-10-23)20-25-15-13-24(14-16-25)19-28(33)31-21-26-11-7-4-8-12-26/h3-18H,19-22H2,1-2H3,(H,31,33)(H,34,35)/b18-17+,32-27+. The van der Waals surface area contributed by atoms with Crippen molar-refractivity contribution in [3.05, 3.63) is 113 Å². The van der Waals surface area contributed by atoms with E-state index in [0.29, 0.717) is 25.1 Å². The van der Waals surface area contributed by atoms with Crippen molar-refractivity contribution in [2.45, 2.75) is 33.2 Å². The Kier molecular flexibility index (Phi) is 9.57. The van der Waals surface area contributed by atoms with Crippen LogP contribution < -0.4 is 5.32 Å². The van der Waals surface area contributed by atoms with Gasteiger partial charge in [0.2, 0.25) is 12.5 Å². The third-order valence-electron chi connectivity index (χ3n) is 5.64. The molecule has 0 fully saturated rings. The minimum Gasteiger partial charge on any atom is -0.479 e. The van der Waals surface area contributed by atoms with Crippen LogP contribution in [0.4, 0.5) is 0 Å². The fourth-order valence-electron chi connectivity index (χ4n) is 3.70. The molecule has 0 bridgehead atoms. The molecule has 0 unspecified atom stereocenters. The van der Waals surface area contributed by atoms with Gasteiger partial charge in [0.25, 0.3) is 0 Å². The molecule has 0 radical (unpaired) electrons. The van der Waals surface area contributed by atoms with Crippen molar-refractivity contribution in [1.82, 2.24) is 5.32 Å². The molecule has 6 heteroatoms. The Hall–Kier alpha value is -4.19. The molecule has 186 valence electrons. The van der Waals surface area contributed by atoms with Crippen molar-refractivity contribution >= 4 is 23.7 Å². The van der Waals surface area contributed by atoms with Crippen LogP contribution in [-0.4, -0.2) is 29.3 Å². The first-order valence-corrected chi connectivity index (χ1v) is 11.9. The lowest BCUT2D eigenvalue weighted by molar-refractivity contribution is -0.142. The lowest BCUT2D eigenvalue weighted by Gasteiger charge is -2.25. The molecule has 0 aromatic heterocycles. The van der Waals surface area contributed by atoms with E-state index in [1.54, 1.807) is 0 Å². The number of hydrogen-bond acceptors (Lipinski definition) is 4. The number of benzene rings is 3. The van der Waals surface area contributed by atoms with Crippen LogP contribution in [0, 0.1) is 5.41 Å². The first-order valence-electron chi connectivity index (χ1n) is 11.9. The summed E-state index contributed by atoms with van der Waals surface area (Å²) in [6.45, 7) is 4.08. The van der Waals surface area contributed by atoms with Gasteiger partial charge in [-0.25, -0.2) is 4.79 Å². The van der Waals surface area contributed by atoms with Crippen molar-refractivity contribution in [2.75, 3.05) is 6.61 Å². The fraction of sp³-hybridized carbons (Fsp3) is 0.233. The van der Waals surface area contributed by atoms with Gasteiger partial charge in [-0.3, -0.25) is 4.79 Å². The van der Waals surface area contributed by atoms with E-state index in [1.165, 1.54) is 0 Å². The highest BCUT2D eigenvalue weighted by Crippen LogP contribution is 2.26. The second-order valence-electron chi connectivity index (χ2n) is 9.20. The molecule has 0 heterocycles. The molecule has 6 nitrogen and oxygen atoms in total. The second-order valence-corrected chi connectivity index (χ2v) is 9.20. The molecule has 0 aliphatic rings. The van der Waals surface area contributed by atoms with Crippen LogP contribution in [0.15, 0.2) is 96.2 Å². The molecule has 3 rings (SSSR count). The van der Waals surface area contributed by atoms with Crippen LogP contribution in [0.25, 0.3) is 6.08 Å². The zero-order valence-electron chi connectivity index (χ0n) is 20.7. The topological polar surface area (TPSA) is 88.0 Å². The van der Waals surface area contributed by atoms with Crippen molar-refractivity contribution < 1.29 is 19.5 Å². The molecule has 0 spiro atoms. The maximum Gasteiger partial charge on any atom is 0.344 e. The molecular formula is C30H32N2O4. The largest absolute Gasteiger partial charge is 0.479 e. The second kappa shape index (κ2) is 13.0. The Morgan fingerprint density at radius 2 is 1.50 bits per heavy atom. The van der Waals surface area contributed by atoms with Gasteiger partial charge in [0, 0.05) is 12.0 Å². The zero-order chi connectivity index (χ0) is 25.8. The molecule has 0 atom stereocenters. The number of amides is 1. The van der Waals surface area contributed by atoms with Gasteiger partial charge in [-0.2, -0.15) is 0 Å². The SMILES string of the molecule is CC(C)(Cc1ccc(CC(=O)NCc2ccccc2)cc1)C(/C=C/c1ccccc1)=N/OCC(=O)O. The molecule has 0 saturated carbocycles. The van der Waals surface area contributed by atoms with Gasteiger partial charge in [0.1, 0.15) is 0 Å². The van der Waals surface area contributed by atoms with Crippen molar-refractivity contribution in [3.63, 3.8) is 0 Å². The molecular weight excluding hydrogens is 452 g/mol. The van der Waals surface area contributed by atoms with Crippen LogP contribution in [0.5, 0.6) is 0 Å². The van der Waals surface area contributed by atoms with Gasteiger partial charge in [-0.15, -0.1) is 0 Å². The summed E-state index contributed by atoms with van der Waals surface area (Å²) in [5.41, 5.74) is 4.29.